The van der Waals surface area contributed by atoms with Crippen molar-refractivity contribution in [3.8, 4) is 0 Å². The van der Waals surface area contributed by atoms with Crippen molar-refractivity contribution >= 4 is 5.97 Å². The highest BCUT2D eigenvalue weighted by Gasteiger charge is 2.13. The Labute approximate surface area is 118 Å². The van der Waals surface area contributed by atoms with Gasteiger partial charge in [-0.25, -0.2) is 4.79 Å². The van der Waals surface area contributed by atoms with Crippen molar-refractivity contribution < 1.29 is 9.53 Å². The molecule has 20 heavy (non-hydrogen) atoms. The van der Waals surface area contributed by atoms with Crippen LogP contribution in [0.4, 0.5) is 0 Å². The Hall–Kier alpha value is -2.13. The Bertz CT molecular complexity index is 608. The Balaban J connectivity index is 1.68. The van der Waals surface area contributed by atoms with Gasteiger partial charge in [-0.05, 0) is 41.8 Å². The SMILES string of the molecule is O=C(OCc1ccccc1)c1ccc2c(c1)CCNC2. The molecule has 1 heterocycles. The minimum absolute atomic E-state index is 0.254. The predicted molar refractivity (Wildman–Crippen MR) is 77.4 cm³/mol. The molecule has 3 nitrogen and oxygen atoms in total. The lowest BCUT2D eigenvalue weighted by atomic mass is 9.98. The number of esters is 1. The lowest BCUT2D eigenvalue weighted by Crippen LogP contribution is -2.23. The summed E-state index contributed by atoms with van der Waals surface area (Å²) in [5.74, 6) is -0.254. The first kappa shape index (κ1) is 12.9. The minimum Gasteiger partial charge on any atom is -0.457 e. The first-order valence-corrected chi connectivity index (χ1v) is 6.86. The fourth-order valence-corrected chi connectivity index (χ4v) is 2.41. The second kappa shape index (κ2) is 5.88. The van der Waals surface area contributed by atoms with Gasteiger partial charge in [0.05, 0.1) is 5.56 Å². The summed E-state index contributed by atoms with van der Waals surface area (Å²) < 4.78 is 5.35. The van der Waals surface area contributed by atoms with Gasteiger partial charge in [0.1, 0.15) is 6.61 Å². The van der Waals surface area contributed by atoms with E-state index in [1.807, 2.05) is 48.5 Å². The van der Waals surface area contributed by atoms with E-state index in [0.717, 1.165) is 25.1 Å². The van der Waals surface area contributed by atoms with E-state index in [1.54, 1.807) is 0 Å². The highest BCUT2D eigenvalue weighted by molar-refractivity contribution is 5.89. The molecule has 0 fully saturated rings. The second-order valence-electron chi connectivity index (χ2n) is 4.97. The fraction of sp³-hybridized carbons (Fsp3) is 0.235. The van der Waals surface area contributed by atoms with Crippen LogP contribution in [-0.4, -0.2) is 12.5 Å². The number of ether oxygens (including phenoxy) is 1. The molecule has 3 rings (SSSR count). The van der Waals surface area contributed by atoms with Crippen LogP contribution in [0.3, 0.4) is 0 Å². The lowest BCUT2D eigenvalue weighted by Gasteiger charge is -2.17. The number of fused-ring (bicyclic) bond motifs is 1. The van der Waals surface area contributed by atoms with Crippen molar-refractivity contribution in [1.29, 1.82) is 0 Å². The molecule has 1 N–H and O–H groups in total. The molecule has 0 atom stereocenters. The molecule has 0 saturated carbocycles. The lowest BCUT2D eigenvalue weighted by molar-refractivity contribution is 0.0472. The average molecular weight is 267 g/mol. The van der Waals surface area contributed by atoms with Crippen LogP contribution in [-0.2, 0) is 24.3 Å². The van der Waals surface area contributed by atoms with E-state index in [1.165, 1.54) is 11.1 Å². The van der Waals surface area contributed by atoms with Crippen molar-refractivity contribution in [3.63, 3.8) is 0 Å². The fourth-order valence-electron chi connectivity index (χ4n) is 2.41. The van der Waals surface area contributed by atoms with Crippen LogP contribution >= 0.6 is 0 Å². The molecule has 102 valence electrons. The number of nitrogens with one attached hydrogen (secondary N) is 1. The smallest absolute Gasteiger partial charge is 0.338 e. The molecule has 0 radical (unpaired) electrons. The highest BCUT2D eigenvalue weighted by atomic mass is 16.5. The van der Waals surface area contributed by atoms with E-state index in [4.69, 9.17) is 4.74 Å². The summed E-state index contributed by atoms with van der Waals surface area (Å²) >= 11 is 0. The van der Waals surface area contributed by atoms with Gasteiger partial charge in [0.25, 0.3) is 0 Å². The minimum atomic E-state index is -0.254. The number of rotatable bonds is 3. The molecular weight excluding hydrogens is 250 g/mol. The summed E-state index contributed by atoms with van der Waals surface area (Å²) in [5, 5.41) is 3.32. The molecule has 0 spiro atoms. The molecule has 2 aromatic rings. The van der Waals surface area contributed by atoms with Crippen LogP contribution in [0.1, 0.15) is 27.0 Å². The molecular formula is C17H17NO2. The van der Waals surface area contributed by atoms with Crippen molar-refractivity contribution in [2.75, 3.05) is 6.54 Å². The van der Waals surface area contributed by atoms with Crippen molar-refractivity contribution in [2.24, 2.45) is 0 Å². The van der Waals surface area contributed by atoms with Crippen molar-refractivity contribution in [3.05, 3.63) is 70.8 Å². The zero-order valence-electron chi connectivity index (χ0n) is 11.3. The summed E-state index contributed by atoms with van der Waals surface area (Å²) in [6.45, 7) is 2.17. The van der Waals surface area contributed by atoms with Gasteiger partial charge in [-0.3, -0.25) is 0 Å². The van der Waals surface area contributed by atoms with E-state index >= 15 is 0 Å². The number of carbonyl (C=O) groups is 1. The molecule has 0 saturated heterocycles. The summed E-state index contributed by atoms with van der Waals surface area (Å²) in [6.07, 6.45) is 0.967. The molecule has 0 unspecified atom stereocenters. The van der Waals surface area contributed by atoms with Crippen LogP contribution < -0.4 is 5.32 Å². The molecule has 0 bridgehead atoms. The summed E-state index contributed by atoms with van der Waals surface area (Å²) in [6, 6.07) is 15.5. The van der Waals surface area contributed by atoms with Gasteiger partial charge in [-0.2, -0.15) is 0 Å². The molecule has 2 aromatic carbocycles. The third-order valence-corrected chi connectivity index (χ3v) is 3.54. The predicted octanol–water partition coefficient (Wildman–Crippen LogP) is 2.69. The Morgan fingerprint density at radius 1 is 1.10 bits per heavy atom. The normalized spacial score (nSPS) is 13.6. The second-order valence-corrected chi connectivity index (χ2v) is 4.97. The van der Waals surface area contributed by atoms with Crippen LogP contribution in [0, 0.1) is 0 Å². The van der Waals surface area contributed by atoms with Crippen LogP contribution in [0.25, 0.3) is 0 Å². The van der Waals surface area contributed by atoms with E-state index < -0.39 is 0 Å². The molecule has 1 aliphatic heterocycles. The van der Waals surface area contributed by atoms with Gasteiger partial charge >= 0.3 is 5.97 Å². The first-order chi connectivity index (χ1) is 9.83. The quantitative estimate of drug-likeness (QED) is 0.869. The van der Waals surface area contributed by atoms with E-state index in [2.05, 4.69) is 5.32 Å². The summed E-state index contributed by atoms with van der Waals surface area (Å²) in [5.41, 5.74) is 4.17. The number of hydrogen-bond acceptors (Lipinski definition) is 3. The summed E-state index contributed by atoms with van der Waals surface area (Å²) in [7, 11) is 0. The summed E-state index contributed by atoms with van der Waals surface area (Å²) in [4.78, 5) is 12.1. The monoisotopic (exact) mass is 267 g/mol. The molecule has 0 aliphatic carbocycles. The zero-order chi connectivity index (χ0) is 13.8. The van der Waals surface area contributed by atoms with Gasteiger partial charge in [0.15, 0.2) is 0 Å². The Morgan fingerprint density at radius 3 is 2.80 bits per heavy atom. The van der Waals surface area contributed by atoms with Gasteiger partial charge in [-0.15, -0.1) is 0 Å². The van der Waals surface area contributed by atoms with Crippen LogP contribution in [0.15, 0.2) is 48.5 Å². The molecule has 0 amide bonds. The maximum atomic E-state index is 12.1. The maximum absolute atomic E-state index is 12.1. The third-order valence-electron chi connectivity index (χ3n) is 3.54. The molecule has 3 heteroatoms. The average Bonchev–Trinajstić information content (AvgIpc) is 2.53. The number of carbonyl (C=O) groups excluding carboxylic acids is 1. The molecule has 0 aromatic heterocycles. The molecule has 1 aliphatic rings. The Morgan fingerprint density at radius 2 is 1.95 bits per heavy atom. The highest BCUT2D eigenvalue weighted by Crippen LogP contribution is 2.17. The van der Waals surface area contributed by atoms with Crippen molar-refractivity contribution in [1.82, 2.24) is 5.32 Å². The van der Waals surface area contributed by atoms with E-state index in [-0.39, 0.29) is 5.97 Å². The maximum Gasteiger partial charge on any atom is 0.338 e. The van der Waals surface area contributed by atoms with Crippen molar-refractivity contribution in [2.45, 2.75) is 19.6 Å². The first-order valence-electron chi connectivity index (χ1n) is 6.86. The number of hydrogen-bond donors (Lipinski definition) is 1. The topological polar surface area (TPSA) is 38.3 Å². The standard InChI is InChI=1S/C17H17NO2/c19-17(20-12-13-4-2-1-3-5-13)15-6-7-16-11-18-9-8-14(16)10-15/h1-7,10,18H,8-9,11-12H2. The van der Waals surface area contributed by atoms with Gasteiger partial charge in [-0.1, -0.05) is 36.4 Å². The van der Waals surface area contributed by atoms with Gasteiger partial charge < -0.3 is 10.1 Å². The van der Waals surface area contributed by atoms with Crippen LogP contribution in [0.2, 0.25) is 0 Å². The van der Waals surface area contributed by atoms with Gasteiger partial charge in [0, 0.05) is 6.54 Å². The third kappa shape index (κ3) is 2.89. The van der Waals surface area contributed by atoms with Crippen LogP contribution in [0.5, 0.6) is 0 Å². The largest absolute Gasteiger partial charge is 0.457 e. The van der Waals surface area contributed by atoms with Gasteiger partial charge in [0.2, 0.25) is 0 Å². The number of benzene rings is 2. The Kier molecular flexibility index (Phi) is 3.79. The van der Waals surface area contributed by atoms with E-state index in [9.17, 15) is 4.79 Å². The zero-order valence-corrected chi connectivity index (χ0v) is 11.3. The van der Waals surface area contributed by atoms with E-state index in [0.29, 0.717) is 12.2 Å².